The molecule has 4 atom stereocenters. The first-order chi connectivity index (χ1) is 38.2. The van der Waals surface area contributed by atoms with Crippen molar-refractivity contribution in [3.63, 3.8) is 0 Å². The number of hydrogen-bond donors (Lipinski definition) is 1. The second-order valence-corrected chi connectivity index (χ2v) is 24.8. The molecule has 19 nitrogen and oxygen atoms in total. The molecule has 0 aliphatic carbocycles. The van der Waals surface area contributed by atoms with Gasteiger partial charge in [0.15, 0.2) is 0 Å². The molecule has 5 aromatic carbocycles. The zero-order chi connectivity index (χ0) is 59.2. The molecular weight excluding hydrogens is 1090 g/mol. The van der Waals surface area contributed by atoms with Crippen molar-refractivity contribution >= 4 is 59.9 Å². The number of carbonyl (C=O) groups is 2. The average Bonchev–Trinajstić information content (AvgIpc) is 4.29. The molecule has 9 rings (SSSR count). The first-order valence-electron chi connectivity index (χ1n) is 26.0. The summed E-state index contributed by atoms with van der Waals surface area (Å²) in [5.41, 5.74) is 0.350. The molecule has 0 bridgehead atoms. The van der Waals surface area contributed by atoms with Crippen LogP contribution >= 0.6 is 0 Å². The van der Waals surface area contributed by atoms with Crippen LogP contribution < -0.4 is 9.47 Å². The van der Waals surface area contributed by atoms with Crippen LogP contribution in [0.5, 0.6) is 11.5 Å². The molecule has 0 saturated carbocycles. The van der Waals surface area contributed by atoms with Gasteiger partial charge < -0.3 is 19.3 Å². The lowest BCUT2D eigenvalue weighted by atomic mass is 9.90. The molecule has 23 heteroatoms. The Bertz CT molecular complexity index is 3710. The molecule has 0 radical (unpaired) electrons. The zero-order valence-electron chi connectivity index (χ0n) is 45.9. The number of ether oxygens (including phenoxy) is 3. The Kier molecular flexibility index (Phi) is 18.7. The van der Waals surface area contributed by atoms with Gasteiger partial charge in [-0.05, 0) is 152 Å². The standard InChI is InChI=1S/C33H38FN3O5S.C24H25FN4O5S.CO2/c1-22(2)41-27-12-14-28(15-13-27)43(39,40)36-21-26(20-33(36,5)19-24-9-7-6-8-10-24)37-31-17-25(34)11-16-29(31)30(35-37)18-32(38)42-23(3)4;1-15(2)34-18-6-8-19(9-7-18)35(32,33)28-14-17(13-24(28,3)26-4)29-22-11-16(25)5-10-20(22)21(27-29)12-23(30)31;2-1-3/h6-17,22-23,26H,18-21H2,1-5H3;5-11,15,17H,12-14H2,1-3H3,(H,30,31);/t26-,33+;17-,24-;/m11./s1. The van der Waals surface area contributed by atoms with Gasteiger partial charge in [0.05, 0.1) is 81.9 Å². The minimum absolute atomic E-state index is 0.0204. The molecule has 0 amide bonds. The van der Waals surface area contributed by atoms with Crippen LogP contribution in [0.1, 0.15) is 97.3 Å². The molecule has 81 heavy (non-hydrogen) atoms. The van der Waals surface area contributed by atoms with Crippen LogP contribution in [0.4, 0.5) is 8.78 Å². The van der Waals surface area contributed by atoms with Crippen molar-refractivity contribution in [1.82, 2.24) is 28.2 Å². The van der Waals surface area contributed by atoms with E-state index in [1.807, 2.05) is 65.0 Å². The number of sulfonamides is 2. The van der Waals surface area contributed by atoms with Crippen molar-refractivity contribution in [1.29, 1.82) is 0 Å². The molecule has 0 spiro atoms. The highest BCUT2D eigenvalue weighted by Crippen LogP contribution is 2.45. The van der Waals surface area contributed by atoms with Gasteiger partial charge in [-0.15, -0.1) is 4.31 Å². The van der Waals surface area contributed by atoms with Crippen molar-refractivity contribution in [2.45, 2.75) is 139 Å². The first-order valence-corrected chi connectivity index (χ1v) is 28.9. The van der Waals surface area contributed by atoms with E-state index in [4.69, 9.17) is 35.5 Å². The molecule has 2 saturated heterocycles. The Balaban J connectivity index is 0.000000227. The molecule has 2 aliphatic rings. The SMILES string of the molecule is CC(C)OC(=O)Cc1nn([C@H]2CN(S(=O)(=O)c3ccc(OC(C)C)cc3)[C@@](C)(Cc3ccccc3)C2)c2cc(F)ccc12.O=C=O.[C-]#[N+][C@@]1(C)C[C@@H](n2nc(CC(=O)O)c3ccc(F)cc32)CN1S(=O)(=O)c1ccc(OC(C)C)cc1. The van der Waals surface area contributed by atoms with E-state index in [9.17, 15) is 40.3 Å². The highest BCUT2D eigenvalue weighted by molar-refractivity contribution is 7.89. The van der Waals surface area contributed by atoms with E-state index in [0.717, 1.165) is 9.87 Å². The molecule has 4 heterocycles. The number of halogens is 2. The predicted molar refractivity (Wildman–Crippen MR) is 294 cm³/mol. The molecule has 7 aromatic rings. The van der Waals surface area contributed by atoms with Crippen molar-refractivity contribution in [3.8, 4) is 11.5 Å². The highest BCUT2D eigenvalue weighted by Gasteiger charge is 2.55. The van der Waals surface area contributed by atoms with Crippen LogP contribution in [-0.4, -0.2) is 111 Å². The maximum Gasteiger partial charge on any atom is 0.373 e. The summed E-state index contributed by atoms with van der Waals surface area (Å²) in [4.78, 5) is 43.9. The summed E-state index contributed by atoms with van der Waals surface area (Å²) in [6.07, 6.45) is 0.422. The number of aliphatic carboxylic acids is 1. The Morgan fingerprint density at radius 3 is 1.57 bits per heavy atom. The predicted octanol–water partition coefficient (Wildman–Crippen LogP) is 9.37. The largest absolute Gasteiger partial charge is 0.491 e. The van der Waals surface area contributed by atoms with E-state index < -0.39 is 66.9 Å². The van der Waals surface area contributed by atoms with Crippen LogP contribution in [0.3, 0.4) is 0 Å². The summed E-state index contributed by atoms with van der Waals surface area (Å²) in [6, 6.07) is 29.5. The molecule has 428 valence electrons. The number of aromatic nitrogens is 4. The topological polar surface area (TPSA) is 231 Å². The van der Waals surface area contributed by atoms with Gasteiger partial charge in [0, 0.05) is 36.3 Å². The lowest BCUT2D eigenvalue weighted by molar-refractivity contribution is -0.191. The Hall–Kier alpha value is -7.87. The molecule has 1 N–H and O–H groups in total. The van der Waals surface area contributed by atoms with Gasteiger partial charge in [0.25, 0.3) is 0 Å². The van der Waals surface area contributed by atoms with Crippen molar-refractivity contribution in [2.24, 2.45) is 0 Å². The normalized spacial score (nSPS) is 19.4. The molecule has 2 fully saturated rings. The number of carbonyl (C=O) groups excluding carboxylic acids is 3. The van der Waals surface area contributed by atoms with E-state index in [0.29, 0.717) is 51.8 Å². The van der Waals surface area contributed by atoms with Gasteiger partial charge in [-0.3, -0.25) is 23.8 Å². The number of carboxylic acid groups (broad SMARTS) is 1. The van der Waals surface area contributed by atoms with Gasteiger partial charge in [-0.1, -0.05) is 30.3 Å². The third-order valence-corrected chi connectivity index (χ3v) is 17.6. The number of benzene rings is 5. The van der Waals surface area contributed by atoms with Gasteiger partial charge >= 0.3 is 23.8 Å². The zero-order valence-corrected chi connectivity index (χ0v) is 47.6. The minimum atomic E-state index is -4.06. The van der Waals surface area contributed by atoms with Crippen LogP contribution in [0, 0.1) is 18.2 Å². The van der Waals surface area contributed by atoms with Crippen molar-refractivity contribution in [2.75, 3.05) is 13.1 Å². The summed E-state index contributed by atoms with van der Waals surface area (Å²) in [7, 11) is -8.01. The lowest BCUT2D eigenvalue weighted by Crippen LogP contribution is -2.46. The van der Waals surface area contributed by atoms with Crippen LogP contribution in [0.2, 0.25) is 0 Å². The fourth-order valence-corrected chi connectivity index (χ4v) is 13.9. The van der Waals surface area contributed by atoms with E-state index in [-0.39, 0.29) is 72.3 Å². The number of hydrogen-bond acceptors (Lipinski definition) is 13. The average molecular weight is 1150 g/mol. The number of fused-ring (bicyclic) bond motifs is 2. The Morgan fingerprint density at radius 2 is 1.12 bits per heavy atom. The second-order valence-electron chi connectivity index (χ2n) is 21.0. The second kappa shape index (κ2) is 24.9. The number of nitrogens with zero attached hydrogens (tertiary/aromatic N) is 7. The van der Waals surface area contributed by atoms with Gasteiger partial charge in [0.1, 0.15) is 23.1 Å². The summed E-state index contributed by atoms with van der Waals surface area (Å²) in [6.45, 7) is 22.4. The van der Waals surface area contributed by atoms with Crippen molar-refractivity contribution < 1.29 is 64.1 Å². The van der Waals surface area contributed by atoms with Crippen molar-refractivity contribution in [3.05, 3.63) is 155 Å². The van der Waals surface area contributed by atoms with E-state index >= 15 is 0 Å². The summed E-state index contributed by atoms with van der Waals surface area (Å²) >= 11 is 0. The van der Waals surface area contributed by atoms with Crippen LogP contribution in [-0.2, 0) is 63.2 Å². The van der Waals surface area contributed by atoms with E-state index in [1.54, 1.807) is 65.3 Å². The highest BCUT2D eigenvalue weighted by atomic mass is 32.2. The summed E-state index contributed by atoms with van der Waals surface area (Å²) in [5, 5.41) is 19.5. The maximum atomic E-state index is 14.5. The number of rotatable bonds is 17. The Labute approximate surface area is 468 Å². The van der Waals surface area contributed by atoms with Gasteiger partial charge in [-0.25, -0.2) is 32.2 Å². The summed E-state index contributed by atoms with van der Waals surface area (Å²) in [5.74, 6) is -1.37. The number of esters is 1. The molecule has 2 aliphatic heterocycles. The monoisotopic (exact) mass is 1150 g/mol. The van der Waals surface area contributed by atoms with E-state index in [1.165, 1.54) is 54.1 Å². The molecule has 0 unspecified atom stereocenters. The van der Waals surface area contributed by atoms with Gasteiger partial charge in [0.2, 0.25) is 20.0 Å². The fourth-order valence-electron chi connectivity index (χ4n) is 10.4. The summed E-state index contributed by atoms with van der Waals surface area (Å²) < 4.78 is 107. The van der Waals surface area contributed by atoms with E-state index in [2.05, 4.69) is 9.94 Å². The first kappa shape index (κ1) is 60.8. The van der Waals surface area contributed by atoms with Crippen LogP contribution in [0.15, 0.2) is 125 Å². The van der Waals surface area contributed by atoms with Gasteiger partial charge in [-0.2, -0.15) is 24.1 Å². The number of carboxylic acids is 1. The molecular formula is C58H63F2N7O12S2. The molecule has 2 aromatic heterocycles. The third kappa shape index (κ3) is 13.8. The smallest absolute Gasteiger partial charge is 0.373 e. The maximum absolute atomic E-state index is 14.5. The quantitative estimate of drug-likeness (QED) is 0.0662. The minimum Gasteiger partial charge on any atom is -0.491 e. The fraction of sp³-hybridized carbons (Fsp3) is 0.379. The van der Waals surface area contributed by atoms with Crippen LogP contribution in [0.25, 0.3) is 26.7 Å². The Morgan fingerprint density at radius 1 is 0.679 bits per heavy atom. The lowest BCUT2D eigenvalue weighted by Gasteiger charge is -2.34. The third-order valence-electron chi connectivity index (χ3n) is 13.6.